The van der Waals surface area contributed by atoms with Crippen molar-refractivity contribution in [3.05, 3.63) is 45.3 Å². The van der Waals surface area contributed by atoms with Crippen LogP contribution in [0.4, 0.5) is 0 Å². The summed E-state index contributed by atoms with van der Waals surface area (Å²) in [5.74, 6) is 1.67. The van der Waals surface area contributed by atoms with Crippen LogP contribution >= 0.6 is 23.1 Å². The van der Waals surface area contributed by atoms with Crippen LogP contribution < -0.4 is 5.73 Å². The Morgan fingerprint density at radius 3 is 2.56 bits per heavy atom. The maximum Gasteiger partial charge on any atom is 0.223 e. The topological polar surface area (TPSA) is 103 Å². The minimum Gasteiger partial charge on any atom is -0.496 e. The number of methoxy groups -OCH3 is 1. The molecule has 2 aromatic rings. The van der Waals surface area contributed by atoms with E-state index in [1.54, 1.807) is 18.9 Å². The van der Waals surface area contributed by atoms with Crippen molar-refractivity contribution in [2.75, 3.05) is 12.9 Å². The number of fused-ring (bicyclic) bond motifs is 1. The normalized spacial score (nSPS) is 19.5. The number of aliphatic hydroxyl groups is 1. The number of nitrogens with two attached hydrogens (primary N) is 1. The molecule has 2 heterocycles. The number of aromatic nitrogens is 3. The first-order chi connectivity index (χ1) is 16.1. The van der Waals surface area contributed by atoms with Crippen LogP contribution in [-0.4, -0.2) is 38.5 Å². The van der Waals surface area contributed by atoms with Gasteiger partial charge in [0.15, 0.2) is 0 Å². The number of amides is 1. The van der Waals surface area contributed by atoms with E-state index < -0.39 is 11.0 Å². The van der Waals surface area contributed by atoms with Gasteiger partial charge in [-0.2, -0.15) is 5.10 Å². The van der Waals surface area contributed by atoms with Crippen molar-refractivity contribution >= 4 is 39.5 Å². The Bertz CT molecular complexity index is 1220. The Morgan fingerprint density at radius 2 is 1.97 bits per heavy atom. The summed E-state index contributed by atoms with van der Waals surface area (Å²) in [5.41, 5.74) is 7.12. The highest BCUT2D eigenvalue weighted by molar-refractivity contribution is 8.03. The highest BCUT2D eigenvalue weighted by Gasteiger charge is 2.56. The molecule has 182 valence electrons. The standard InChI is InChI=1S/C25H32N4O3S2/c1-14-20(15-5-11-18(32-4)19(12-6-15)33-13-24(2,3)21(26)30)29-23(27-14)34-22(28-29)25(31,16-7-8-16)17-9-10-17/h5,11-12,16-17,31H,6-10,13H2,1-4H3,(H2,26,30). The van der Waals surface area contributed by atoms with Crippen molar-refractivity contribution < 1.29 is 14.6 Å². The molecule has 2 aromatic heterocycles. The van der Waals surface area contributed by atoms with E-state index in [2.05, 4.69) is 12.2 Å². The maximum absolute atomic E-state index is 11.7. The van der Waals surface area contributed by atoms with E-state index in [-0.39, 0.29) is 5.91 Å². The van der Waals surface area contributed by atoms with Crippen LogP contribution in [0.1, 0.15) is 62.3 Å². The Balaban J connectivity index is 1.45. The van der Waals surface area contributed by atoms with Crippen molar-refractivity contribution in [1.29, 1.82) is 0 Å². The molecule has 3 N–H and O–H groups in total. The first-order valence-corrected chi connectivity index (χ1v) is 13.6. The Labute approximate surface area is 208 Å². The fraction of sp³-hybridized carbons (Fsp3) is 0.560. The number of allylic oxidation sites excluding steroid dienone is 4. The summed E-state index contributed by atoms with van der Waals surface area (Å²) in [6, 6.07) is 0. The van der Waals surface area contributed by atoms with Gasteiger partial charge >= 0.3 is 0 Å². The van der Waals surface area contributed by atoms with Gasteiger partial charge in [-0.15, -0.1) is 11.8 Å². The number of rotatable bonds is 9. The van der Waals surface area contributed by atoms with Gasteiger partial charge in [0.25, 0.3) is 0 Å². The lowest BCUT2D eigenvalue weighted by Gasteiger charge is -2.25. The zero-order valence-corrected chi connectivity index (χ0v) is 21.8. The Hall–Kier alpha value is -2.10. The maximum atomic E-state index is 11.7. The van der Waals surface area contributed by atoms with Gasteiger partial charge in [0.2, 0.25) is 10.9 Å². The molecule has 0 radical (unpaired) electrons. The van der Waals surface area contributed by atoms with Crippen molar-refractivity contribution in [3.8, 4) is 0 Å². The number of nitrogens with zero attached hydrogens (tertiary/aromatic N) is 3. The molecule has 9 heteroatoms. The third-order valence-electron chi connectivity index (χ3n) is 7.09. The lowest BCUT2D eigenvalue weighted by Crippen LogP contribution is -2.33. The molecule has 3 aliphatic carbocycles. The van der Waals surface area contributed by atoms with Crippen molar-refractivity contribution in [1.82, 2.24) is 14.6 Å². The summed E-state index contributed by atoms with van der Waals surface area (Å²) < 4.78 is 7.57. The first kappa shape index (κ1) is 23.6. The molecule has 0 unspecified atom stereocenters. The van der Waals surface area contributed by atoms with Crippen molar-refractivity contribution in [2.24, 2.45) is 23.0 Å². The van der Waals surface area contributed by atoms with Gasteiger partial charge in [0.1, 0.15) is 16.4 Å². The van der Waals surface area contributed by atoms with E-state index in [9.17, 15) is 9.90 Å². The molecule has 2 saturated carbocycles. The van der Waals surface area contributed by atoms with Crippen LogP contribution in [0.2, 0.25) is 0 Å². The third kappa shape index (κ3) is 4.12. The summed E-state index contributed by atoms with van der Waals surface area (Å²) in [5, 5.41) is 17.3. The lowest BCUT2D eigenvalue weighted by molar-refractivity contribution is -0.124. The minimum atomic E-state index is -0.797. The molecule has 0 saturated heterocycles. The second kappa shape index (κ2) is 8.53. The number of hydrogen-bond acceptors (Lipinski definition) is 7. The van der Waals surface area contributed by atoms with E-state index in [1.807, 2.05) is 31.4 Å². The minimum absolute atomic E-state index is 0.315. The van der Waals surface area contributed by atoms with E-state index in [4.69, 9.17) is 20.6 Å². The largest absolute Gasteiger partial charge is 0.496 e. The number of ether oxygens (including phenoxy) is 1. The van der Waals surface area contributed by atoms with Crippen molar-refractivity contribution in [2.45, 2.75) is 58.5 Å². The predicted octanol–water partition coefficient (Wildman–Crippen LogP) is 4.55. The number of primary amides is 1. The second-order valence-electron chi connectivity index (χ2n) is 10.3. The molecule has 3 aliphatic rings. The third-order valence-corrected chi connectivity index (χ3v) is 9.68. The van der Waals surface area contributed by atoms with E-state index in [0.717, 1.165) is 63.3 Å². The quantitative estimate of drug-likeness (QED) is 0.524. The number of carbonyl (C=O) groups excluding carboxylic acids is 1. The molecule has 0 spiro atoms. The first-order valence-electron chi connectivity index (χ1n) is 11.8. The monoisotopic (exact) mass is 500 g/mol. The van der Waals surface area contributed by atoms with Crippen LogP contribution in [0.15, 0.2) is 28.9 Å². The van der Waals surface area contributed by atoms with E-state index in [0.29, 0.717) is 24.0 Å². The molecule has 34 heavy (non-hydrogen) atoms. The fourth-order valence-electron chi connectivity index (χ4n) is 4.54. The number of hydrogen-bond donors (Lipinski definition) is 2. The van der Waals surface area contributed by atoms with Gasteiger partial charge in [0, 0.05) is 10.7 Å². The fourth-order valence-corrected chi connectivity index (χ4v) is 6.89. The summed E-state index contributed by atoms with van der Waals surface area (Å²) in [4.78, 5) is 18.4. The summed E-state index contributed by atoms with van der Waals surface area (Å²) in [7, 11) is 1.66. The SMILES string of the molecule is COC1=CC=C(c2c(C)nc3sc(C(O)(C4CC4)C4CC4)nn23)CC=C1SCC(C)(C)C(N)=O. The molecule has 7 nitrogen and oxygen atoms in total. The number of carbonyl (C=O) groups is 1. The molecule has 0 bridgehead atoms. The molecule has 0 aromatic carbocycles. The van der Waals surface area contributed by atoms with Gasteiger partial charge < -0.3 is 15.6 Å². The molecule has 2 fully saturated rings. The van der Waals surface area contributed by atoms with E-state index >= 15 is 0 Å². The van der Waals surface area contributed by atoms with Crippen LogP contribution in [0.25, 0.3) is 10.5 Å². The average molecular weight is 501 g/mol. The zero-order chi connectivity index (χ0) is 24.3. The predicted molar refractivity (Wildman–Crippen MR) is 136 cm³/mol. The highest BCUT2D eigenvalue weighted by Crippen LogP contribution is 2.58. The molecule has 0 atom stereocenters. The number of aryl methyl sites for hydroxylation is 1. The van der Waals surface area contributed by atoms with Crippen LogP contribution in [0, 0.1) is 24.2 Å². The highest BCUT2D eigenvalue weighted by atomic mass is 32.2. The zero-order valence-electron chi connectivity index (χ0n) is 20.1. The smallest absolute Gasteiger partial charge is 0.223 e. The molecule has 5 rings (SSSR count). The van der Waals surface area contributed by atoms with E-state index in [1.165, 1.54) is 11.3 Å². The van der Waals surface area contributed by atoms with Gasteiger partial charge in [0.05, 0.1) is 23.9 Å². The number of thioether (sulfide) groups is 1. The van der Waals surface area contributed by atoms with Crippen LogP contribution in [-0.2, 0) is 15.1 Å². The molecular formula is C25H32N4O3S2. The summed E-state index contributed by atoms with van der Waals surface area (Å²) in [6.45, 7) is 5.72. The van der Waals surface area contributed by atoms with Gasteiger partial charge in [-0.1, -0.05) is 37.3 Å². The lowest BCUT2D eigenvalue weighted by atomic mass is 9.93. The summed E-state index contributed by atoms with van der Waals surface area (Å²) in [6.07, 6.45) is 11.2. The van der Waals surface area contributed by atoms with Gasteiger partial charge in [-0.25, -0.2) is 9.50 Å². The second-order valence-corrected chi connectivity index (χ2v) is 12.2. The Kier molecular flexibility index (Phi) is 5.93. The van der Waals surface area contributed by atoms with Gasteiger partial charge in [-0.3, -0.25) is 4.79 Å². The summed E-state index contributed by atoms with van der Waals surface area (Å²) >= 11 is 3.10. The van der Waals surface area contributed by atoms with Crippen molar-refractivity contribution in [3.63, 3.8) is 0 Å². The van der Waals surface area contributed by atoms with Crippen LogP contribution in [0.5, 0.6) is 0 Å². The van der Waals surface area contributed by atoms with Crippen LogP contribution in [0.3, 0.4) is 0 Å². The average Bonchev–Trinajstić information content (AvgIpc) is 3.69. The Morgan fingerprint density at radius 1 is 1.29 bits per heavy atom. The molecule has 1 amide bonds. The van der Waals surface area contributed by atoms with Gasteiger partial charge in [-0.05, 0) is 62.5 Å². The number of imidazole rings is 1. The molecular weight excluding hydrogens is 468 g/mol. The molecule has 0 aliphatic heterocycles.